The number of amides is 1. The van der Waals surface area contributed by atoms with E-state index in [2.05, 4.69) is 5.32 Å². The van der Waals surface area contributed by atoms with Crippen LogP contribution in [-0.2, 0) is 4.79 Å². The second-order valence-electron chi connectivity index (χ2n) is 6.29. The molecule has 26 heavy (non-hydrogen) atoms. The van der Waals surface area contributed by atoms with E-state index >= 15 is 0 Å². The van der Waals surface area contributed by atoms with Gasteiger partial charge in [0.05, 0.1) is 14.2 Å². The van der Waals surface area contributed by atoms with Crippen molar-refractivity contribution in [3.05, 3.63) is 29.8 Å². The number of rotatable bonds is 14. The summed E-state index contributed by atoms with van der Waals surface area (Å²) in [6.45, 7) is 1.01. The molecule has 0 heterocycles. The number of methoxy groups -OCH3 is 2. The van der Waals surface area contributed by atoms with Gasteiger partial charge in [0, 0.05) is 19.2 Å². The van der Waals surface area contributed by atoms with Crippen LogP contribution in [0.2, 0.25) is 0 Å². The number of nitrogens with one attached hydrogen (secondary N) is 1. The third-order valence-electron chi connectivity index (χ3n) is 4.22. The van der Waals surface area contributed by atoms with Crippen molar-refractivity contribution in [1.29, 1.82) is 0 Å². The number of benzene rings is 1. The first-order chi connectivity index (χ1) is 12.7. The Balaban J connectivity index is 2.15. The zero-order chi connectivity index (χ0) is 19.0. The molecule has 5 nitrogen and oxygen atoms in total. The fraction of sp³-hybridized carbons (Fsp3) is 0.571. The number of hydrogen-bond acceptors (Lipinski definition) is 4. The topological polar surface area (TPSA) is 67.8 Å². The number of carbonyl (C=O) groups excluding carboxylic acids is 1. The molecule has 0 saturated carbocycles. The van der Waals surface area contributed by atoms with E-state index in [0.717, 1.165) is 31.2 Å². The molecular formula is C21H33NO4. The van der Waals surface area contributed by atoms with Crippen LogP contribution in [-0.4, -0.2) is 38.4 Å². The van der Waals surface area contributed by atoms with Gasteiger partial charge in [0.1, 0.15) is 0 Å². The highest BCUT2D eigenvalue weighted by Gasteiger charge is 2.03. The molecule has 0 saturated heterocycles. The van der Waals surface area contributed by atoms with Crippen LogP contribution in [0.25, 0.3) is 6.08 Å². The number of carbonyl (C=O) groups is 1. The molecule has 0 unspecified atom stereocenters. The van der Waals surface area contributed by atoms with Gasteiger partial charge < -0.3 is 19.9 Å². The highest BCUT2D eigenvalue weighted by atomic mass is 16.5. The first-order valence-corrected chi connectivity index (χ1v) is 9.50. The summed E-state index contributed by atoms with van der Waals surface area (Å²) in [6, 6.07) is 5.54. The molecule has 0 aliphatic rings. The van der Waals surface area contributed by atoms with Gasteiger partial charge in [-0.3, -0.25) is 4.79 Å². The maximum absolute atomic E-state index is 11.9. The molecule has 0 spiro atoms. The van der Waals surface area contributed by atoms with E-state index in [1.165, 1.54) is 25.7 Å². The maximum Gasteiger partial charge on any atom is 0.243 e. The lowest BCUT2D eigenvalue weighted by Crippen LogP contribution is -2.21. The molecule has 1 aromatic rings. The van der Waals surface area contributed by atoms with Crippen LogP contribution >= 0.6 is 0 Å². The summed E-state index contributed by atoms with van der Waals surface area (Å²) < 4.78 is 10.4. The van der Waals surface area contributed by atoms with Crippen LogP contribution in [0.5, 0.6) is 11.5 Å². The first kappa shape index (κ1) is 22.0. The molecule has 146 valence electrons. The van der Waals surface area contributed by atoms with Crippen LogP contribution in [0.4, 0.5) is 0 Å². The summed E-state index contributed by atoms with van der Waals surface area (Å²) >= 11 is 0. The summed E-state index contributed by atoms with van der Waals surface area (Å²) in [5.74, 6) is 1.23. The Morgan fingerprint density at radius 1 is 0.962 bits per heavy atom. The fourth-order valence-electron chi connectivity index (χ4n) is 2.70. The maximum atomic E-state index is 11.9. The van der Waals surface area contributed by atoms with Crippen LogP contribution in [0.3, 0.4) is 0 Å². The van der Waals surface area contributed by atoms with Gasteiger partial charge in [0.25, 0.3) is 0 Å². The molecule has 0 bridgehead atoms. The number of aliphatic hydroxyl groups excluding tert-OH is 1. The molecule has 0 aliphatic heterocycles. The summed E-state index contributed by atoms with van der Waals surface area (Å²) in [5, 5.41) is 11.6. The van der Waals surface area contributed by atoms with E-state index in [1.807, 2.05) is 18.2 Å². The van der Waals surface area contributed by atoms with Crippen molar-refractivity contribution >= 4 is 12.0 Å². The van der Waals surface area contributed by atoms with Gasteiger partial charge in [0.15, 0.2) is 11.5 Å². The summed E-state index contributed by atoms with van der Waals surface area (Å²) in [6.07, 6.45) is 12.4. The van der Waals surface area contributed by atoms with Gasteiger partial charge in [-0.15, -0.1) is 0 Å². The van der Waals surface area contributed by atoms with Crippen molar-refractivity contribution in [3.8, 4) is 11.5 Å². The van der Waals surface area contributed by atoms with Crippen LogP contribution in [0.1, 0.15) is 56.9 Å². The van der Waals surface area contributed by atoms with E-state index in [1.54, 1.807) is 26.4 Å². The van der Waals surface area contributed by atoms with Gasteiger partial charge in [-0.1, -0.05) is 44.6 Å². The molecule has 0 aliphatic carbocycles. The van der Waals surface area contributed by atoms with Crippen LogP contribution in [0.15, 0.2) is 24.3 Å². The van der Waals surface area contributed by atoms with E-state index in [9.17, 15) is 4.79 Å². The summed E-state index contributed by atoms with van der Waals surface area (Å²) in [7, 11) is 3.19. The molecule has 1 aromatic carbocycles. The zero-order valence-electron chi connectivity index (χ0n) is 16.1. The van der Waals surface area contributed by atoms with E-state index in [4.69, 9.17) is 14.6 Å². The standard InChI is InChI=1S/C21H33NO4/c1-25-19-13-11-18(17-20(19)26-2)12-14-21(24)22-15-9-7-5-3-4-6-8-10-16-23/h11-14,17,23H,3-10,15-16H2,1-2H3,(H,22,24)/b14-12+. The van der Waals surface area contributed by atoms with Crippen molar-refractivity contribution in [3.63, 3.8) is 0 Å². The Bertz CT molecular complexity index is 543. The number of ether oxygens (including phenoxy) is 2. The highest BCUT2D eigenvalue weighted by Crippen LogP contribution is 2.27. The predicted octanol–water partition coefficient (Wildman–Crippen LogP) is 3.95. The summed E-state index contributed by atoms with van der Waals surface area (Å²) in [5.41, 5.74) is 0.888. The fourth-order valence-corrected chi connectivity index (χ4v) is 2.70. The molecule has 0 fully saturated rings. The van der Waals surface area contributed by atoms with Crippen molar-refractivity contribution in [2.45, 2.75) is 51.4 Å². The predicted molar refractivity (Wildman–Crippen MR) is 106 cm³/mol. The first-order valence-electron chi connectivity index (χ1n) is 9.50. The molecule has 5 heteroatoms. The van der Waals surface area contributed by atoms with E-state index in [0.29, 0.717) is 24.7 Å². The normalized spacial score (nSPS) is 10.9. The molecule has 0 atom stereocenters. The second-order valence-corrected chi connectivity index (χ2v) is 6.29. The second kappa shape index (κ2) is 14.2. The van der Waals surface area contributed by atoms with Crippen molar-refractivity contribution in [2.24, 2.45) is 0 Å². The summed E-state index contributed by atoms with van der Waals surface area (Å²) in [4.78, 5) is 11.9. The minimum absolute atomic E-state index is 0.0798. The minimum Gasteiger partial charge on any atom is -0.493 e. The SMILES string of the molecule is COc1ccc(/C=C/C(=O)NCCCCCCCCCCO)cc1OC. The molecular weight excluding hydrogens is 330 g/mol. The Kier molecular flexibility index (Phi) is 12.0. The Labute approximate surface area is 157 Å². The average Bonchev–Trinajstić information content (AvgIpc) is 2.67. The van der Waals surface area contributed by atoms with Crippen molar-refractivity contribution in [1.82, 2.24) is 5.32 Å². The average molecular weight is 363 g/mol. The third kappa shape index (κ3) is 9.47. The lowest BCUT2D eigenvalue weighted by molar-refractivity contribution is -0.116. The molecule has 2 N–H and O–H groups in total. The Hall–Kier alpha value is -2.01. The van der Waals surface area contributed by atoms with Crippen molar-refractivity contribution < 1.29 is 19.4 Å². The van der Waals surface area contributed by atoms with E-state index < -0.39 is 0 Å². The van der Waals surface area contributed by atoms with Gasteiger partial charge in [0.2, 0.25) is 5.91 Å². The molecule has 0 aromatic heterocycles. The number of unbranched alkanes of at least 4 members (excludes halogenated alkanes) is 7. The lowest BCUT2D eigenvalue weighted by atomic mass is 10.1. The smallest absolute Gasteiger partial charge is 0.243 e. The zero-order valence-corrected chi connectivity index (χ0v) is 16.1. The van der Waals surface area contributed by atoms with Gasteiger partial charge in [-0.25, -0.2) is 0 Å². The monoisotopic (exact) mass is 363 g/mol. The minimum atomic E-state index is -0.0798. The van der Waals surface area contributed by atoms with Crippen molar-refractivity contribution in [2.75, 3.05) is 27.4 Å². The quantitative estimate of drug-likeness (QED) is 0.388. The van der Waals surface area contributed by atoms with Gasteiger partial charge >= 0.3 is 0 Å². The highest BCUT2D eigenvalue weighted by molar-refractivity contribution is 5.91. The third-order valence-corrected chi connectivity index (χ3v) is 4.22. The van der Waals surface area contributed by atoms with Gasteiger partial charge in [-0.05, 0) is 36.6 Å². The Morgan fingerprint density at radius 2 is 1.58 bits per heavy atom. The van der Waals surface area contributed by atoms with Crippen LogP contribution in [0, 0.1) is 0 Å². The largest absolute Gasteiger partial charge is 0.493 e. The molecule has 1 rings (SSSR count). The Morgan fingerprint density at radius 3 is 2.19 bits per heavy atom. The van der Waals surface area contributed by atoms with Gasteiger partial charge in [-0.2, -0.15) is 0 Å². The lowest BCUT2D eigenvalue weighted by Gasteiger charge is -2.07. The van der Waals surface area contributed by atoms with Crippen LogP contribution < -0.4 is 14.8 Å². The molecule has 1 amide bonds. The molecule has 0 radical (unpaired) electrons. The van der Waals surface area contributed by atoms with E-state index in [-0.39, 0.29) is 5.91 Å². The number of hydrogen-bond donors (Lipinski definition) is 2. The number of aliphatic hydroxyl groups is 1.